The van der Waals surface area contributed by atoms with Crippen molar-refractivity contribution in [2.24, 2.45) is 0 Å². The van der Waals surface area contributed by atoms with Gasteiger partial charge in [0.25, 0.3) is 0 Å². The highest BCUT2D eigenvalue weighted by molar-refractivity contribution is 5.05. The van der Waals surface area contributed by atoms with Gasteiger partial charge in [0.15, 0.2) is 0 Å². The van der Waals surface area contributed by atoms with Gasteiger partial charge in [-0.1, -0.05) is 0 Å². The van der Waals surface area contributed by atoms with Crippen molar-refractivity contribution in [1.29, 1.82) is 0 Å². The molecule has 0 saturated carbocycles. The van der Waals surface area contributed by atoms with Crippen molar-refractivity contribution in [2.45, 2.75) is 25.9 Å². The van der Waals surface area contributed by atoms with Crippen LogP contribution < -0.4 is 10.6 Å². The van der Waals surface area contributed by atoms with Crippen LogP contribution in [0.1, 0.15) is 17.9 Å². The van der Waals surface area contributed by atoms with E-state index in [-0.39, 0.29) is 0 Å². The van der Waals surface area contributed by atoms with Gasteiger partial charge in [0.05, 0.1) is 6.54 Å². The van der Waals surface area contributed by atoms with Gasteiger partial charge >= 0.3 is 0 Å². The van der Waals surface area contributed by atoms with Gasteiger partial charge in [0, 0.05) is 12.6 Å². The molecule has 1 saturated heterocycles. The van der Waals surface area contributed by atoms with Gasteiger partial charge in [-0.2, -0.15) is 0 Å². The van der Waals surface area contributed by atoms with Crippen LogP contribution in [-0.4, -0.2) is 19.1 Å². The Kier molecular flexibility index (Phi) is 2.66. The number of nitrogens with one attached hydrogen (secondary N) is 2. The summed E-state index contributed by atoms with van der Waals surface area (Å²) in [6, 6.07) is 4.65. The zero-order valence-corrected chi connectivity index (χ0v) is 7.97. The lowest BCUT2D eigenvalue weighted by atomic mass is 10.2. The molecule has 1 fully saturated rings. The van der Waals surface area contributed by atoms with E-state index in [0.717, 1.165) is 31.2 Å². The average Bonchev–Trinajstić information content (AvgIpc) is 2.71. The van der Waals surface area contributed by atoms with E-state index in [9.17, 15) is 0 Å². The minimum atomic E-state index is 0.616. The van der Waals surface area contributed by atoms with Crippen LogP contribution in [0.15, 0.2) is 16.5 Å². The average molecular weight is 180 g/mol. The molecule has 3 heteroatoms. The Morgan fingerprint density at radius 3 is 3.15 bits per heavy atom. The first-order chi connectivity index (χ1) is 6.34. The van der Waals surface area contributed by atoms with Crippen LogP contribution in [0.5, 0.6) is 0 Å². The summed E-state index contributed by atoms with van der Waals surface area (Å²) in [5, 5.41) is 6.78. The van der Waals surface area contributed by atoms with Crippen molar-refractivity contribution in [1.82, 2.24) is 10.6 Å². The van der Waals surface area contributed by atoms with Crippen molar-refractivity contribution >= 4 is 0 Å². The molecule has 1 unspecified atom stereocenters. The summed E-state index contributed by atoms with van der Waals surface area (Å²) in [6.07, 6.45) is 1.22. The minimum Gasteiger partial charge on any atom is -0.465 e. The van der Waals surface area contributed by atoms with E-state index in [0.29, 0.717) is 6.04 Å². The molecule has 0 amide bonds. The molecule has 1 atom stereocenters. The van der Waals surface area contributed by atoms with Gasteiger partial charge in [-0.25, -0.2) is 0 Å². The summed E-state index contributed by atoms with van der Waals surface area (Å²) in [7, 11) is 0. The summed E-state index contributed by atoms with van der Waals surface area (Å²) < 4.78 is 5.46. The SMILES string of the molecule is Cc1ccc(CNC2CCNC2)o1. The Labute approximate surface area is 78.5 Å². The zero-order valence-electron chi connectivity index (χ0n) is 7.97. The van der Waals surface area contributed by atoms with Gasteiger partial charge < -0.3 is 15.1 Å². The highest BCUT2D eigenvalue weighted by Crippen LogP contribution is 2.06. The topological polar surface area (TPSA) is 37.2 Å². The lowest BCUT2D eigenvalue weighted by molar-refractivity contribution is 0.439. The molecule has 2 N–H and O–H groups in total. The molecule has 2 heterocycles. The van der Waals surface area contributed by atoms with Gasteiger partial charge in [-0.3, -0.25) is 0 Å². The number of hydrogen-bond acceptors (Lipinski definition) is 3. The van der Waals surface area contributed by atoms with E-state index in [2.05, 4.69) is 10.6 Å². The van der Waals surface area contributed by atoms with Gasteiger partial charge in [-0.05, 0) is 32.0 Å². The fourth-order valence-corrected chi connectivity index (χ4v) is 1.65. The monoisotopic (exact) mass is 180 g/mol. The van der Waals surface area contributed by atoms with E-state index in [4.69, 9.17) is 4.42 Å². The number of aryl methyl sites for hydroxylation is 1. The van der Waals surface area contributed by atoms with Gasteiger partial charge in [0.2, 0.25) is 0 Å². The first-order valence-corrected chi connectivity index (χ1v) is 4.84. The molecular weight excluding hydrogens is 164 g/mol. The predicted octanol–water partition coefficient (Wildman–Crippen LogP) is 1.04. The Morgan fingerprint density at radius 2 is 2.54 bits per heavy atom. The largest absolute Gasteiger partial charge is 0.465 e. The van der Waals surface area contributed by atoms with Crippen LogP contribution in [0.4, 0.5) is 0 Å². The van der Waals surface area contributed by atoms with Crippen molar-refractivity contribution < 1.29 is 4.42 Å². The molecular formula is C10H16N2O. The lowest BCUT2D eigenvalue weighted by Gasteiger charge is -2.08. The lowest BCUT2D eigenvalue weighted by Crippen LogP contribution is -2.30. The normalized spacial score (nSPS) is 22.4. The van der Waals surface area contributed by atoms with E-state index in [1.807, 2.05) is 19.1 Å². The summed E-state index contributed by atoms with van der Waals surface area (Å²) in [4.78, 5) is 0. The standard InChI is InChI=1S/C10H16N2O/c1-8-2-3-10(13-8)7-12-9-4-5-11-6-9/h2-3,9,11-12H,4-7H2,1H3. The second-order valence-electron chi connectivity index (χ2n) is 3.58. The number of hydrogen-bond donors (Lipinski definition) is 2. The molecule has 1 aliphatic rings. The number of furan rings is 1. The maximum atomic E-state index is 5.46. The van der Waals surface area contributed by atoms with E-state index in [1.165, 1.54) is 6.42 Å². The van der Waals surface area contributed by atoms with E-state index in [1.54, 1.807) is 0 Å². The fraction of sp³-hybridized carbons (Fsp3) is 0.600. The third-order valence-electron chi connectivity index (χ3n) is 2.42. The second kappa shape index (κ2) is 3.94. The Balaban J connectivity index is 1.78. The molecule has 1 aliphatic heterocycles. The van der Waals surface area contributed by atoms with Crippen LogP contribution in [-0.2, 0) is 6.54 Å². The van der Waals surface area contributed by atoms with Crippen molar-refractivity contribution in [3.05, 3.63) is 23.7 Å². The second-order valence-corrected chi connectivity index (χ2v) is 3.58. The molecule has 3 nitrogen and oxygen atoms in total. The van der Waals surface area contributed by atoms with Gasteiger partial charge in [0.1, 0.15) is 11.5 Å². The summed E-state index contributed by atoms with van der Waals surface area (Å²) >= 11 is 0. The molecule has 1 aromatic rings. The summed E-state index contributed by atoms with van der Waals surface area (Å²) in [5.41, 5.74) is 0. The van der Waals surface area contributed by atoms with Gasteiger partial charge in [-0.15, -0.1) is 0 Å². The molecule has 72 valence electrons. The van der Waals surface area contributed by atoms with E-state index >= 15 is 0 Å². The molecule has 0 aromatic carbocycles. The molecule has 2 rings (SSSR count). The predicted molar refractivity (Wildman–Crippen MR) is 51.6 cm³/mol. The van der Waals surface area contributed by atoms with Crippen LogP contribution in [0.25, 0.3) is 0 Å². The quantitative estimate of drug-likeness (QED) is 0.729. The summed E-state index contributed by atoms with van der Waals surface area (Å²) in [5.74, 6) is 2.02. The molecule has 13 heavy (non-hydrogen) atoms. The van der Waals surface area contributed by atoms with Crippen molar-refractivity contribution in [2.75, 3.05) is 13.1 Å². The highest BCUT2D eigenvalue weighted by atomic mass is 16.3. The number of rotatable bonds is 3. The smallest absolute Gasteiger partial charge is 0.117 e. The Hall–Kier alpha value is -0.800. The molecule has 0 radical (unpaired) electrons. The third-order valence-corrected chi connectivity index (χ3v) is 2.42. The van der Waals surface area contributed by atoms with Crippen LogP contribution in [0.3, 0.4) is 0 Å². The highest BCUT2D eigenvalue weighted by Gasteiger charge is 2.13. The third kappa shape index (κ3) is 2.32. The fourth-order valence-electron chi connectivity index (χ4n) is 1.65. The maximum absolute atomic E-state index is 5.46. The van der Waals surface area contributed by atoms with E-state index < -0.39 is 0 Å². The zero-order chi connectivity index (χ0) is 9.10. The van der Waals surface area contributed by atoms with Crippen molar-refractivity contribution in [3.63, 3.8) is 0 Å². The van der Waals surface area contributed by atoms with Crippen molar-refractivity contribution in [3.8, 4) is 0 Å². The first-order valence-electron chi connectivity index (χ1n) is 4.84. The molecule has 0 spiro atoms. The summed E-state index contributed by atoms with van der Waals surface area (Å²) in [6.45, 7) is 5.04. The molecule has 0 bridgehead atoms. The molecule has 0 aliphatic carbocycles. The minimum absolute atomic E-state index is 0.616. The first kappa shape index (κ1) is 8.78. The van der Waals surface area contributed by atoms with Crippen LogP contribution in [0.2, 0.25) is 0 Å². The Bertz CT molecular complexity index is 264. The van der Waals surface area contributed by atoms with Crippen LogP contribution in [0, 0.1) is 6.92 Å². The van der Waals surface area contributed by atoms with Crippen LogP contribution >= 0.6 is 0 Å². The molecule has 1 aromatic heterocycles. The maximum Gasteiger partial charge on any atom is 0.117 e. The Morgan fingerprint density at radius 1 is 1.62 bits per heavy atom.